The minimum atomic E-state index is -0.699. The molecular weight excluding hydrogens is 338 g/mol. The highest BCUT2D eigenvalue weighted by Crippen LogP contribution is 2.33. The van der Waals surface area contributed by atoms with Gasteiger partial charge in [-0.3, -0.25) is 9.78 Å². The zero-order valence-corrected chi connectivity index (χ0v) is 14.2. The molecule has 4 N–H and O–H groups in total. The number of aliphatic imine (C=N–C) groups is 1. The fourth-order valence-electron chi connectivity index (χ4n) is 2.86. The Balaban J connectivity index is 2.33. The number of nitrogens with zero attached hydrogens (tertiary/aromatic N) is 2. The zero-order valence-electron chi connectivity index (χ0n) is 14.2. The van der Waals surface area contributed by atoms with Crippen molar-refractivity contribution in [3.05, 3.63) is 64.9 Å². The Morgan fingerprint density at radius 2 is 1.77 bits per heavy atom. The smallest absolute Gasteiger partial charge is 0.280 e. The number of guanidine groups is 1. The summed E-state index contributed by atoms with van der Waals surface area (Å²) in [6.07, 6.45) is 0. The van der Waals surface area contributed by atoms with Crippen LogP contribution in [0.4, 0.5) is 8.78 Å². The minimum Gasteiger partial charge on any atom is -0.370 e. The van der Waals surface area contributed by atoms with Gasteiger partial charge in [0.25, 0.3) is 5.91 Å². The van der Waals surface area contributed by atoms with Crippen LogP contribution in [0, 0.1) is 25.5 Å². The molecule has 2 aromatic carbocycles. The normalized spacial score (nSPS) is 10.8. The standard InChI is InChI=1S/C19H16F2N4O/c1-9-5-11(18(26)25-19(22)23)7-15-14(6-10(2)24-17(9)15)13-4-3-12(20)8-16(13)21/h3-8H,1-2H3,(H4,22,23,25,26). The molecule has 0 unspecified atom stereocenters. The number of aromatic nitrogens is 1. The predicted molar refractivity (Wildman–Crippen MR) is 96.7 cm³/mol. The molecule has 0 atom stereocenters. The first kappa shape index (κ1) is 17.5. The number of nitrogens with two attached hydrogens (primary N) is 2. The number of hydrogen-bond donors (Lipinski definition) is 2. The molecule has 0 fully saturated rings. The summed E-state index contributed by atoms with van der Waals surface area (Å²) in [7, 11) is 0. The third-order valence-electron chi connectivity index (χ3n) is 3.93. The maximum Gasteiger partial charge on any atom is 0.280 e. The van der Waals surface area contributed by atoms with Gasteiger partial charge in [0.2, 0.25) is 0 Å². The van der Waals surface area contributed by atoms with E-state index in [0.29, 0.717) is 27.7 Å². The number of carbonyl (C=O) groups is 1. The second kappa shape index (κ2) is 6.51. The molecule has 3 rings (SSSR count). The summed E-state index contributed by atoms with van der Waals surface area (Å²) in [6, 6.07) is 8.22. The topological polar surface area (TPSA) is 94.4 Å². The van der Waals surface area contributed by atoms with E-state index < -0.39 is 17.5 Å². The van der Waals surface area contributed by atoms with Crippen molar-refractivity contribution >= 4 is 22.8 Å². The number of benzene rings is 2. The molecule has 7 heteroatoms. The van der Waals surface area contributed by atoms with Crippen LogP contribution < -0.4 is 11.5 Å². The Labute approximate surface area is 148 Å². The van der Waals surface area contributed by atoms with Gasteiger partial charge in [0, 0.05) is 28.3 Å². The monoisotopic (exact) mass is 354 g/mol. The average molecular weight is 354 g/mol. The fraction of sp³-hybridized carbons (Fsp3) is 0.105. The number of fused-ring (bicyclic) bond motifs is 1. The molecule has 26 heavy (non-hydrogen) atoms. The number of aryl methyl sites for hydroxylation is 2. The van der Waals surface area contributed by atoms with Gasteiger partial charge in [0.15, 0.2) is 5.96 Å². The number of halogens is 2. The summed E-state index contributed by atoms with van der Waals surface area (Å²) in [5, 5.41) is 0.551. The van der Waals surface area contributed by atoms with Gasteiger partial charge in [0.1, 0.15) is 11.6 Å². The minimum absolute atomic E-state index is 0.215. The second-order valence-electron chi connectivity index (χ2n) is 5.97. The van der Waals surface area contributed by atoms with Gasteiger partial charge in [-0.1, -0.05) is 0 Å². The van der Waals surface area contributed by atoms with Crippen LogP contribution in [0.5, 0.6) is 0 Å². The Hall–Kier alpha value is -3.35. The Bertz CT molecular complexity index is 1070. The first-order chi connectivity index (χ1) is 12.3. The largest absolute Gasteiger partial charge is 0.370 e. The number of amides is 1. The highest BCUT2D eigenvalue weighted by Gasteiger charge is 2.16. The van der Waals surface area contributed by atoms with Crippen molar-refractivity contribution in [1.29, 1.82) is 0 Å². The highest BCUT2D eigenvalue weighted by molar-refractivity contribution is 6.06. The number of hydrogen-bond acceptors (Lipinski definition) is 2. The molecule has 132 valence electrons. The molecule has 0 saturated heterocycles. The van der Waals surface area contributed by atoms with E-state index in [0.717, 1.165) is 6.07 Å². The lowest BCUT2D eigenvalue weighted by Gasteiger charge is -2.12. The summed E-state index contributed by atoms with van der Waals surface area (Å²) in [5.74, 6) is -2.32. The van der Waals surface area contributed by atoms with Gasteiger partial charge in [-0.2, -0.15) is 4.99 Å². The Morgan fingerprint density at radius 1 is 1.04 bits per heavy atom. The third kappa shape index (κ3) is 3.23. The van der Waals surface area contributed by atoms with Crippen LogP contribution in [0.3, 0.4) is 0 Å². The van der Waals surface area contributed by atoms with Gasteiger partial charge >= 0.3 is 0 Å². The lowest BCUT2D eigenvalue weighted by Crippen LogP contribution is -2.24. The first-order valence-electron chi connectivity index (χ1n) is 7.77. The van der Waals surface area contributed by atoms with Crippen LogP contribution in [-0.4, -0.2) is 16.9 Å². The maximum atomic E-state index is 14.3. The maximum absolute atomic E-state index is 14.3. The summed E-state index contributed by atoms with van der Waals surface area (Å²) in [4.78, 5) is 20.2. The van der Waals surface area contributed by atoms with Crippen molar-refractivity contribution in [1.82, 2.24) is 4.98 Å². The predicted octanol–water partition coefficient (Wildman–Crippen LogP) is 3.21. The van der Waals surface area contributed by atoms with Crippen molar-refractivity contribution in [2.75, 3.05) is 0 Å². The number of carbonyl (C=O) groups excluding carboxylic acids is 1. The van der Waals surface area contributed by atoms with Gasteiger partial charge in [-0.15, -0.1) is 0 Å². The zero-order chi connectivity index (χ0) is 19.0. The fourth-order valence-corrected chi connectivity index (χ4v) is 2.86. The molecule has 1 aromatic heterocycles. The van der Waals surface area contributed by atoms with E-state index in [1.807, 2.05) is 0 Å². The van der Waals surface area contributed by atoms with Crippen LogP contribution in [0.25, 0.3) is 22.0 Å². The summed E-state index contributed by atoms with van der Waals surface area (Å²) >= 11 is 0. The van der Waals surface area contributed by atoms with Gasteiger partial charge in [-0.05, 0) is 55.3 Å². The quantitative estimate of drug-likeness (QED) is 0.546. The molecule has 1 heterocycles. The van der Waals surface area contributed by atoms with Crippen LogP contribution in [0.1, 0.15) is 21.6 Å². The van der Waals surface area contributed by atoms with E-state index in [1.165, 1.54) is 12.1 Å². The first-order valence-corrected chi connectivity index (χ1v) is 7.77. The molecule has 0 saturated carbocycles. The summed E-state index contributed by atoms with van der Waals surface area (Å²) in [6.45, 7) is 3.56. The van der Waals surface area contributed by atoms with E-state index in [9.17, 15) is 13.6 Å². The summed E-state index contributed by atoms with van der Waals surface area (Å²) in [5.41, 5.74) is 13.5. The lowest BCUT2D eigenvalue weighted by atomic mass is 9.96. The molecule has 0 aliphatic carbocycles. The SMILES string of the molecule is Cc1cc(-c2ccc(F)cc2F)c2cc(C(=O)N=C(N)N)cc(C)c2n1. The van der Waals surface area contributed by atoms with Crippen LogP contribution in [-0.2, 0) is 0 Å². The van der Waals surface area contributed by atoms with Gasteiger partial charge in [0.05, 0.1) is 5.52 Å². The van der Waals surface area contributed by atoms with Gasteiger partial charge < -0.3 is 11.5 Å². The van der Waals surface area contributed by atoms with Crippen LogP contribution in [0.2, 0.25) is 0 Å². The molecule has 0 radical (unpaired) electrons. The molecule has 0 spiro atoms. The molecule has 5 nitrogen and oxygen atoms in total. The number of pyridine rings is 1. The van der Waals surface area contributed by atoms with E-state index in [2.05, 4.69) is 9.98 Å². The van der Waals surface area contributed by atoms with Crippen molar-refractivity contribution in [3.8, 4) is 11.1 Å². The van der Waals surface area contributed by atoms with Crippen molar-refractivity contribution in [2.45, 2.75) is 13.8 Å². The second-order valence-corrected chi connectivity index (χ2v) is 5.97. The van der Waals surface area contributed by atoms with E-state index in [1.54, 1.807) is 32.0 Å². The van der Waals surface area contributed by atoms with E-state index >= 15 is 0 Å². The molecule has 0 aliphatic rings. The van der Waals surface area contributed by atoms with Crippen molar-refractivity contribution in [3.63, 3.8) is 0 Å². The molecular formula is C19H16F2N4O. The lowest BCUT2D eigenvalue weighted by molar-refractivity contribution is 0.100. The van der Waals surface area contributed by atoms with E-state index in [-0.39, 0.29) is 17.1 Å². The summed E-state index contributed by atoms with van der Waals surface area (Å²) < 4.78 is 27.6. The molecule has 3 aromatic rings. The van der Waals surface area contributed by atoms with Crippen molar-refractivity contribution < 1.29 is 13.6 Å². The molecule has 1 amide bonds. The Morgan fingerprint density at radius 3 is 2.42 bits per heavy atom. The third-order valence-corrected chi connectivity index (χ3v) is 3.93. The van der Waals surface area contributed by atoms with Crippen LogP contribution in [0.15, 0.2) is 41.4 Å². The van der Waals surface area contributed by atoms with Crippen LogP contribution >= 0.6 is 0 Å². The highest BCUT2D eigenvalue weighted by atomic mass is 19.1. The Kier molecular flexibility index (Phi) is 4.38. The van der Waals surface area contributed by atoms with Gasteiger partial charge in [-0.25, -0.2) is 8.78 Å². The van der Waals surface area contributed by atoms with Crippen molar-refractivity contribution in [2.24, 2.45) is 16.5 Å². The molecule has 0 bridgehead atoms. The average Bonchev–Trinajstić information content (AvgIpc) is 2.54. The van der Waals surface area contributed by atoms with E-state index in [4.69, 9.17) is 11.5 Å². The molecule has 0 aliphatic heterocycles. The number of rotatable bonds is 2.